The zero-order valence-corrected chi connectivity index (χ0v) is 14.5. The molecule has 4 nitrogen and oxygen atoms in total. The van der Waals surface area contributed by atoms with Crippen molar-refractivity contribution in [3.63, 3.8) is 0 Å². The van der Waals surface area contributed by atoms with Gasteiger partial charge in [0.1, 0.15) is 6.04 Å². The molecule has 1 fully saturated rings. The maximum atomic E-state index is 12.9. The molecule has 4 heteroatoms. The van der Waals surface area contributed by atoms with Crippen molar-refractivity contribution < 1.29 is 9.59 Å². The molecule has 1 aliphatic rings. The van der Waals surface area contributed by atoms with E-state index >= 15 is 0 Å². The average molecular weight is 322 g/mol. The minimum Gasteiger partial charge on any atom is -0.373 e. The standard InChI is InChI=1S/C20H22N2O2/c1-12-9-14(3)19(15(4)10-12)22-18(23)11-17(20(22)24)21-16-8-6-5-7-13(16)2/h5-10,17,21H,11H2,1-4H3/t17-/m1/s1. The number of nitrogens with zero attached hydrogens (tertiary/aromatic N) is 1. The molecule has 0 bridgehead atoms. The van der Waals surface area contributed by atoms with E-state index in [1.165, 1.54) is 4.90 Å². The predicted octanol–water partition coefficient (Wildman–Crippen LogP) is 3.66. The van der Waals surface area contributed by atoms with E-state index in [0.29, 0.717) is 0 Å². The van der Waals surface area contributed by atoms with Crippen LogP contribution in [0.4, 0.5) is 11.4 Å². The third kappa shape index (κ3) is 2.80. The number of para-hydroxylation sites is 1. The van der Waals surface area contributed by atoms with Crippen molar-refractivity contribution in [1.82, 2.24) is 0 Å². The Hall–Kier alpha value is -2.62. The maximum Gasteiger partial charge on any atom is 0.256 e. The van der Waals surface area contributed by atoms with Crippen molar-refractivity contribution in [3.8, 4) is 0 Å². The molecule has 1 atom stereocenters. The van der Waals surface area contributed by atoms with E-state index in [2.05, 4.69) is 5.32 Å². The lowest BCUT2D eigenvalue weighted by Crippen LogP contribution is -2.35. The van der Waals surface area contributed by atoms with Crippen LogP contribution in [0.2, 0.25) is 0 Å². The Bertz CT molecular complexity index is 803. The molecular weight excluding hydrogens is 300 g/mol. The molecule has 2 aromatic rings. The van der Waals surface area contributed by atoms with Gasteiger partial charge in [-0.2, -0.15) is 0 Å². The molecule has 1 aliphatic heterocycles. The van der Waals surface area contributed by atoms with E-state index in [1.54, 1.807) is 0 Å². The number of imide groups is 1. The second-order valence-electron chi connectivity index (χ2n) is 6.53. The third-order valence-corrected chi connectivity index (χ3v) is 4.48. The maximum absolute atomic E-state index is 12.9. The molecule has 0 aliphatic carbocycles. The van der Waals surface area contributed by atoms with Gasteiger partial charge in [0.25, 0.3) is 5.91 Å². The molecule has 0 aromatic heterocycles. The van der Waals surface area contributed by atoms with Gasteiger partial charge in [-0.05, 0) is 50.5 Å². The Morgan fingerprint density at radius 2 is 1.58 bits per heavy atom. The van der Waals surface area contributed by atoms with Crippen molar-refractivity contribution in [2.24, 2.45) is 0 Å². The number of amides is 2. The molecule has 1 N–H and O–H groups in total. The molecule has 2 aromatic carbocycles. The molecule has 3 rings (SSSR count). The Balaban J connectivity index is 1.92. The molecule has 0 spiro atoms. The Labute approximate surface area is 142 Å². The highest BCUT2D eigenvalue weighted by Crippen LogP contribution is 2.31. The Morgan fingerprint density at radius 3 is 2.21 bits per heavy atom. The lowest BCUT2D eigenvalue weighted by atomic mass is 10.0. The summed E-state index contributed by atoms with van der Waals surface area (Å²) in [6.45, 7) is 7.88. The van der Waals surface area contributed by atoms with Crippen LogP contribution >= 0.6 is 0 Å². The summed E-state index contributed by atoms with van der Waals surface area (Å²) >= 11 is 0. The molecule has 1 saturated heterocycles. The van der Waals surface area contributed by atoms with Gasteiger partial charge in [0.2, 0.25) is 5.91 Å². The highest BCUT2D eigenvalue weighted by molar-refractivity contribution is 6.23. The van der Waals surface area contributed by atoms with E-state index in [4.69, 9.17) is 0 Å². The van der Waals surface area contributed by atoms with Crippen LogP contribution < -0.4 is 10.2 Å². The van der Waals surface area contributed by atoms with Gasteiger partial charge >= 0.3 is 0 Å². The van der Waals surface area contributed by atoms with Crippen LogP contribution in [0, 0.1) is 27.7 Å². The van der Waals surface area contributed by atoms with Gasteiger partial charge in [-0.1, -0.05) is 35.9 Å². The van der Waals surface area contributed by atoms with Crippen molar-refractivity contribution in [2.45, 2.75) is 40.2 Å². The van der Waals surface area contributed by atoms with Crippen molar-refractivity contribution in [2.75, 3.05) is 10.2 Å². The number of carbonyl (C=O) groups excluding carboxylic acids is 2. The van der Waals surface area contributed by atoms with Gasteiger partial charge in [0.05, 0.1) is 12.1 Å². The van der Waals surface area contributed by atoms with Gasteiger partial charge < -0.3 is 5.32 Å². The van der Waals surface area contributed by atoms with Crippen LogP contribution in [0.15, 0.2) is 36.4 Å². The first kappa shape index (κ1) is 16.2. The molecular formula is C20H22N2O2. The summed E-state index contributed by atoms with van der Waals surface area (Å²) < 4.78 is 0. The molecule has 2 amide bonds. The molecule has 0 radical (unpaired) electrons. The van der Waals surface area contributed by atoms with Crippen LogP contribution in [-0.4, -0.2) is 17.9 Å². The topological polar surface area (TPSA) is 49.4 Å². The molecule has 0 saturated carbocycles. The number of benzene rings is 2. The summed E-state index contributed by atoms with van der Waals surface area (Å²) in [5.41, 5.74) is 5.70. The number of rotatable bonds is 3. The van der Waals surface area contributed by atoms with E-state index in [-0.39, 0.29) is 18.2 Å². The monoisotopic (exact) mass is 322 g/mol. The number of hydrogen-bond donors (Lipinski definition) is 1. The van der Waals surface area contributed by atoms with E-state index in [1.807, 2.05) is 64.1 Å². The SMILES string of the molecule is Cc1cc(C)c(N2C(=O)C[C@@H](Nc3ccccc3C)C2=O)c(C)c1. The third-order valence-electron chi connectivity index (χ3n) is 4.48. The van der Waals surface area contributed by atoms with Gasteiger partial charge in [0.15, 0.2) is 0 Å². The summed E-state index contributed by atoms with van der Waals surface area (Å²) in [5, 5.41) is 3.23. The normalized spacial score (nSPS) is 17.5. The van der Waals surface area contributed by atoms with Crippen LogP contribution in [0.3, 0.4) is 0 Å². The summed E-state index contributed by atoms with van der Waals surface area (Å²) in [4.78, 5) is 26.7. The molecule has 124 valence electrons. The van der Waals surface area contributed by atoms with Gasteiger partial charge in [-0.3, -0.25) is 9.59 Å². The van der Waals surface area contributed by atoms with E-state index < -0.39 is 6.04 Å². The van der Waals surface area contributed by atoms with E-state index in [0.717, 1.165) is 33.6 Å². The second-order valence-corrected chi connectivity index (χ2v) is 6.53. The van der Waals surface area contributed by atoms with Crippen molar-refractivity contribution >= 4 is 23.2 Å². The van der Waals surface area contributed by atoms with Crippen molar-refractivity contribution in [3.05, 3.63) is 58.7 Å². The van der Waals surface area contributed by atoms with Crippen LogP contribution in [-0.2, 0) is 9.59 Å². The van der Waals surface area contributed by atoms with Gasteiger partial charge in [-0.25, -0.2) is 4.90 Å². The zero-order valence-electron chi connectivity index (χ0n) is 14.5. The van der Waals surface area contributed by atoms with Crippen LogP contribution in [0.1, 0.15) is 28.7 Å². The predicted molar refractivity (Wildman–Crippen MR) is 96.4 cm³/mol. The first-order valence-electron chi connectivity index (χ1n) is 8.15. The van der Waals surface area contributed by atoms with Gasteiger partial charge in [-0.15, -0.1) is 0 Å². The molecule has 1 heterocycles. The highest BCUT2D eigenvalue weighted by atomic mass is 16.2. The highest BCUT2D eigenvalue weighted by Gasteiger charge is 2.40. The number of carbonyl (C=O) groups is 2. The number of nitrogens with one attached hydrogen (secondary N) is 1. The number of hydrogen-bond acceptors (Lipinski definition) is 3. The zero-order chi connectivity index (χ0) is 17.4. The summed E-state index contributed by atoms with van der Waals surface area (Å²) in [6.07, 6.45) is 0.180. The number of aryl methyl sites for hydroxylation is 4. The van der Waals surface area contributed by atoms with Crippen LogP contribution in [0.5, 0.6) is 0 Å². The summed E-state index contributed by atoms with van der Waals surface area (Å²) in [6, 6.07) is 11.3. The van der Waals surface area contributed by atoms with Gasteiger partial charge in [0, 0.05) is 5.69 Å². The fourth-order valence-corrected chi connectivity index (χ4v) is 3.43. The average Bonchev–Trinajstić information content (AvgIpc) is 2.76. The quantitative estimate of drug-likeness (QED) is 0.877. The minimum atomic E-state index is -0.515. The summed E-state index contributed by atoms with van der Waals surface area (Å²) in [5.74, 6) is -0.334. The van der Waals surface area contributed by atoms with Crippen LogP contribution in [0.25, 0.3) is 0 Å². The Kier molecular flexibility index (Phi) is 4.14. The number of anilines is 2. The fourth-order valence-electron chi connectivity index (χ4n) is 3.43. The first-order chi connectivity index (χ1) is 11.4. The lowest BCUT2D eigenvalue weighted by molar-refractivity contribution is -0.121. The largest absolute Gasteiger partial charge is 0.373 e. The first-order valence-corrected chi connectivity index (χ1v) is 8.15. The smallest absolute Gasteiger partial charge is 0.256 e. The second kappa shape index (κ2) is 6.11. The van der Waals surface area contributed by atoms with E-state index in [9.17, 15) is 9.59 Å². The van der Waals surface area contributed by atoms with Crippen molar-refractivity contribution in [1.29, 1.82) is 0 Å². The summed E-state index contributed by atoms with van der Waals surface area (Å²) in [7, 11) is 0. The Morgan fingerprint density at radius 1 is 0.958 bits per heavy atom. The lowest BCUT2D eigenvalue weighted by Gasteiger charge is -2.21. The molecule has 24 heavy (non-hydrogen) atoms. The fraction of sp³-hybridized carbons (Fsp3) is 0.300. The minimum absolute atomic E-state index is 0.152. The molecule has 0 unspecified atom stereocenters.